The summed E-state index contributed by atoms with van der Waals surface area (Å²) in [5, 5.41) is 3.15. The SMILES string of the molecule is CC(C)(C)[C@H](N)C(=O)NC1CCCC2OCCC12. The van der Waals surface area contributed by atoms with Gasteiger partial charge >= 0.3 is 0 Å². The summed E-state index contributed by atoms with van der Waals surface area (Å²) in [6, 6.07) is -0.188. The van der Waals surface area contributed by atoms with E-state index < -0.39 is 6.04 Å². The number of hydrogen-bond donors (Lipinski definition) is 2. The van der Waals surface area contributed by atoms with E-state index in [-0.39, 0.29) is 17.4 Å². The first-order chi connectivity index (χ1) is 8.39. The Kier molecular flexibility index (Phi) is 3.97. The third-order valence-electron chi connectivity index (χ3n) is 4.32. The van der Waals surface area contributed by atoms with Gasteiger partial charge in [-0.25, -0.2) is 0 Å². The van der Waals surface area contributed by atoms with Gasteiger partial charge < -0.3 is 15.8 Å². The van der Waals surface area contributed by atoms with E-state index in [1.807, 2.05) is 20.8 Å². The second-order valence-electron chi connectivity index (χ2n) is 6.75. The van der Waals surface area contributed by atoms with Crippen LogP contribution >= 0.6 is 0 Å². The van der Waals surface area contributed by atoms with Crippen LogP contribution in [0.3, 0.4) is 0 Å². The Morgan fingerprint density at radius 3 is 2.72 bits per heavy atom. The monoisotopic (exact) mass is 254 g/mol. The van der Waals surface area contributed by atoms with Crippen LogP contribution in [0.2, 0.25) is 0 Å². The third-order valence-corrected chi connectivity index (χ3v) is 4.32. The number of ether oxygens (including phenoxy) is 1. The molecule has 4 heteroatoms. The van der Waals surface area contributed by atoms with Crippen molar-refractivity contribution in [3.63, 3.8) is 0 Å². The second kappa shape index (κ2) is 5.17. The van der Waals surface area contributed by atoms with Crippen LogP contribution in [0.4, 0.5) is 0 Å². The lowest BCUT2D eigenvalue weighted by Crippen LogP contribution is -2.54. The minimum absolute atomic E-state index is 0.0138. The highest BCUT2D eigenvalue weighted by Gasteiger charge is 2.39. The van der Waals surface area contributed by atoms with Gasteiger partial charge in [0.1, 0.15) is 0 Å². The van der Waals surface area contributed by atoms with Crippen molar-refractivity contribution in [1.82, 2.24) is 5.32 Å². The lowest BCUT2D eigenvalue weighted by Gasteiger charge is -2.35. The first-order valence-electron chi connectivity index (χ1n) is 7.07. The van der Waals surface area contributed by atoms with Crippen molar-refractivity contribution in [1.29, 1.82) is 0 Å². The van der Waals surface area contributed by atoms with Gasteiger partial charge in [0.15, 0.2) is 0 Å². The van der Waals surface area contributed by atoms with Crippen molar-refractivity contribution in [2.75, 3.05) is 6.61 Å². The average Bonchev–Trinajstić information content (AvgIpc) is 2.75. The van der Waals surface area contributed by atoms with Crippen LogP contribution in [-0.4, -0.2) is 30.7 Å². The molecule has 1 saturated heterocycles. The molecule has 1 amide bonds. The molecule has 0 aromatic heterocycles. The van der Waals surface area contributed by atoms with Crippen LogP contribution < -0.4 is 11.1 Å². The van der Waals surface area contributed by atoms with Gasteiger partial charge in [0.2, 0.25) is 5.91 Å². The standard InChI is InChI=1S/C14H26N2O2/c1-14(2,3)12(15)13(17)16-10-5-4-6-11-9(10)7-8-18-11/h9-12H,4-8,15H2,1-3H3,(H,16,17)/t9?,10?,11?,12-/m1/s1. The average molecular weight is 254 g/mol. The molecule has 2 fully saturated rings. The molecule has 1 aliphatic heterocycles. The summed E-state index contributed by atoms with van der Waals surface area (Å²) in [5.74, 6) is 0.481. The molecule has 1 heterocycles. The molecular weight excluding hydrogens is 228 g/mol. The van der Waals surface area contributed by atoms with E-state index >= 15 is 0 Å². The zero-order chi connectivity index (χ0) is 13.3. The van der Waals surface area contributed by atoms with Crippen molar-refractivity contribution in [3.05, 3.63) is 0 Å². The fourth-order valence-electron chi connectivity index (χ4n) is 3.02. The Morgan fingerprint density at radius 1 is 1.33 bits per heavy atom. The van der Waals surface area contributed by atoms with Crippen molar-refractivity contribution >= 4 is 5.91 Å². The molecule has 104 valence electrons. The van der Waals surface area contributed by atoms with Gasteiger partial charge in [0.25, 0.3) is 0 Å². The molecule has 0 aromatic rings. The Bertz CT molecular complexity index is 311. The van der Waals surface area contributed by atoms with E-state index in [2.05, 4.69) is 5.32 Å². The second-order valence-corrected chi connectivity index (χ2v) is 6.75. The quantitative estimate of drug-likeness (QED) is 0.783. The Labute approximate surface area is 110 Å². The van der Waals surface area contributed by atoms with Crippen molar-refractivity contribution in [2.45, 2.75) is 64.6 Å². The van der Waals surface area contributed by atoms with Crippen LogP contribution in [0, 0.1) is 11.3 Å². The van der Waals surface area contributed by atoms with Crippen LogP contribution in [0.1, 0.15) is 46.5 Å². The largest absolute Gasteiger partial charge is 0.378 e. The molecule has 3 unspecified atom stereocenters. The molecule has 1 aliphatic carbocycles. The Hall–Kier alpha value is -0.610. The number of carbonyl (C=O) groups excluding carboxylic acids is 1. The minimum Gasteiger partial charge on any atom is -0.378 e. The zero-order valence-corrected chi connectivity index (χ0v) is 11.7. The predicted octanol–water partition coefficient (Wildman–Crippen LogP) is 1.43. The summed E-state index contributed by atoms with van der Waals surface area (Å²) in [7, 11) is 0. The third kappa shape index (κ3) is 2.86. The van der Waals surface area contributed by atoms with Gasteiger partial charge in [0, 0.05) is 18.6 Å². The summed E-state index contributed by atoms with van der Waals surface area (Å²) in [5.41, 5.74) is 5.82. The minimum atomic E-state index is -0.444. The number of amides is 1. The lowest BCUT2D eigenvalue weighted by atomic mass is 9.81. The molecule has 2 rings (SSSR count). The summed E-state index contributed by atoms with van der Waals surface area (Å²) >= 11 is 0. The number of carbonyl (C=O) groups is 1. The van der Waals surface area contributed by atoms with Gasteiger partial charge in [-0.15, -0.1) is 0 Å². The van der Waals surface area contributed by atoms with Crippen molar-refractivity contribution < 1.29 is 9.53 Å². The maximum absolute atomic E-state index is 12.2. The first kappa shape index (κ1) is 13.8. The summed E-state index contributed by atoms with van der Waals surface area (Å²) < 4.78 is 5.71. The molecule has 0 spiro atoms. The van der Waals surface area contributed by atoms with E-state index in [1.165, 1.54) is 0 Å². The summed E-state index contributed by atoms with van der Waals surface area (Å²) in [6.45, 7) is 6.84. The maximum Gasteiger partial charge on any atom is 0.237 e. The molecule has 18 heavy (non-hydrogen) atoms. The lowest BCUT2D eigenvalue weighted by molar-refractivity contribution is -0.126. The highest BCUT2D eigenvalue weighted by Crippen LogP contribution is 2.34. The van der Waals surface area contributed by atoms with E-state index in [0.29, 0.717) is 12.0 Å². The van der Waals surface area contributed by atoms with E-state index in [0.717, 1.165) is 32.3 Å². The van der Waals surface area contributed by atoms with Gasteiger partial charge in [0.05, 0.1) is 12.1 Å². The molecule has 0 aromatic carbocycles. The molecule has 3 N–H and O–H groups in total. The number of fused-ring (bicyclic) bond motifs is 1. The van der Waals surface area contributed by atoms with E-state index in [9.17, 15) is 4.79 Å². The van der Waals surface area contributed by atoms with E-state index in [1.54, 1.807) is 0 Å². The van der Waals surface area contributed by atoms with Crippen molar-refractivity contribution in [3.8, 4) is 0 Å². The Balaban J connectivity index is 1.94. The number of hydrogen-bond acceptors (Lipinski definition) is 3. The van der Waals surface area contributed by atoms with Crippen LogP contribution in [0.25, 0.3) is 0 Å². The fourth-order valence-corrected chi connectivity index (χ4v) is 3.02. The summed E-state index contributed by atoms with van der Waals surface area (Å²) in [6.07, 6.45) is 4.77. The molecule has 0 bridgehead atoms. The molecule has 0 radical (unpaired) electrons. The van der Waals surface area contributed by atoms with Gasteiger partial charge in [-0.1, -0.05) is 20.8 Å². The summed E-state index contributed by atoms with van der Waals surface area (Å²) in [4.78, 5) is 12.2. The molecule has 1 saturated carbocycles. The number of nitrogens with one attached hydrogen (secondary N) is 1. The van der Waals surface area contributed by atoms with Crippen LogP contribution in [-0.2, 0) is 9.53 Å². The zero-order valence-electron chi connectivity index (χ0n) is 11.7. The highest BCUT2D eigenvalue weighted by atomic mass is 16.5. The number of nitrogens with two attached hydrogens (primary N) is 1. The van der Waals surface area contributed by atoms with Crippen LogP contribution in [0.5, 0.6) is 0 Å². The van der Waals surface area contributed by atoms with E-state index in [4.69, 9.17) is 10.5 Å². The molecule has 2 aliphatic rings. The van der Waals surface area contributed by atoms with Crippen molar-refractivity contribution in [2.24, 2.45) is 17.1 Å². The Morgan fingerprint density at radius 2 is 2.06 bits per heavy atom. The van der Waals surface area contributed by atoms with Gasteiger partial charge in [-0.2, -0.15) is 0 Å². The normalized spacial score (nSPS) is 33.9. The first-order valence-corrected chi connectivity index (χ1v) is 7.07. The predicted molar refractivity (Wildman–Crippen MR) is 71.1 cm³/mol. The van der Waals surface area contributed by atoms with Gasteiger partial charge in [-0.3, -0.25) is 4.79 Å². The molecule has 4 atom stereocenters. The maximum atomic E-state index is 12.2. The molecule has 4 nitrogen and oxygen atoms in total. The topological polar surface area (TPSA) is 64.4 Å². The smallest absolute Gasteiger partial charge is 0.237 e. The number of rotatable bonds is 2. The molecular formula is C14H26N2O2. The van der Waals surface area contributed by atoms with Gasteiger partial charge in [-0.05, 0) is 31.1 Å². The highest BCUT2D eigenvalue weighted by molar-refractivity contribution is 5.82. The fraction of sp³-hybridized carbons (Fsp3) is 0.929. The van der Waals surface area contributed by atoms with Crippen LogP contribution in [0.15, 0.2) is 0 Å².